The third-order valence-corrected chi connectivity index (χ3v) is 3.39. The molecule has 0 N–H and O–H groups in total. The van der Waals surface area contributed by atoms with Crippen molar-refractivity contribution in [1.29, 1.82) is 0 Å². The number of carbonyl (C=O) groups excluding carboxylic acids is 1. The molecule has 0 spiro atoms. The molecule has 1 fully saturated rings. The SMILES string of the molecule is CC(C)c1ccc(N2CCN(C)CCC2=O)cn1. The van der Waals surface area contributed by atoms with Crippen LogP contribution < -0.4 is 4.90 Å². The van der Waals surface area contributed by atoms with Gasteiger partial charge in [0.25, 0.3) is 0 Å². The molecule has 2 heterocycles. The number of amides is 1. The average Bonchev–Trinajstić information content (AvgIpc) is 2.52. The molecule has 1 amide bonds. The number of carbonyl (C=O) groups is 1. The average molecular weight is 247 g/mol. The van der Waals surface area contributed by atoms with E-state index in [2.05, 4.69) is 30.8 Å². The molecule has 0 saturated carbocycles. The van der Waals surface area contributed by atoms with Crippen molar-refractivity contribution in [2.45, 2.75) is 26.2 Å². The lowest BCUT2D eigenvalue weighted by Crippen LogP contribution is -2.32. The van der Waals surface area contributed by atoms with E-state index in [0.29, 0.717) is 12.3 Å². The standard InChI is InChI=1S/C14H21N3O/c1-11(2)13-5-4-12(10-15-13)17-9-8-16(3)7-6-14(17)18/h4-5,10-11H,6-9H2,1-3H3. The topological polar surface area (TPSA) is 36.4 Å². The van der Waals surface area contributed by atoms with Gasteiger partial charge in [-0.1, -0.05) is 13.8 Å². The summed E-state index contributed by atoms with van der Waals surface area (Å²) in [5, 5.41) is 0. The Morgan fingerprint density at radius 2 is 2.00 bits per heavy atom. The lowest BCUT2D eigenvalue weighted by molar-refractivity contribution is -0.118. The number of nitrogens with zero attached hydrogens (tertiary/aromatic N) is 3. The predicted octanol–water partition coefficient (Wildman–Crippen LogP) is 1.87. The maximum atomic E-state index is 12.1. The monoisotopic (exact) mass is 247 g/mol. The van der Waals surface area contributed by atoms with Crippen LogP contribution in [0.15, 0.2) is 18.3 Å². The normalized spacial score (nSPS) is 18.2. The van der Waals surface area contributed by atoms with Crippen LogP contribution in [0.5, 0.6) is 0 Å². The lowest BCUT2D eigenvalue weighted by Gasteiger charge is -2.21. The maximum absolute atomic E-state index is 12.1. The van der Waals surface area contributed by atoms with Crippen LogP contribution in [-0.2, 0) is 4.79 Å². The van der Waals surface area contributed by atoms with Crippen molar-refractivity contribution in [2.75, 3.05) is 31.6 Å². The molecule has 0 radical (unpaired) electrons. The first-order chi connectivity index (χ1) is 8.58. The van der Waals surface area contributed by atoms with Gasteiger partial charge in [0.05, 0.1) is 11.9 Å². The first-order valence-electron chi connectivity index (χ1n) is 6.53. The maximum Gasteiger partial charge on any atom is 0.228 e. The fourth-order valence-electron chi connectivity index (χ4n) is 2.10. The van der Waals surface area contributed by atoms with Gasteiger partial charge in [-0.2, -0.15) is 0 Å². The molecule has 18 heavy (non-hydrogen) atoms. The van der Waals surface area contributed by atoms with E-state index in [9.17, 15) is 4.79 Å². The molecule has 0 unspecified atom stereocenters. The second-order valence-electron chi connectivity index (χ2n) is 5.19. The van der Waals surface area contributed by atoms with E-state index >= 15 is 0 Å². The zero-order valence-corrected chi connectivity index (χ0v) is 11.4. The van der Waals surface area contributed by atoms with E-state index in [-0.39, 0.29) is 5.91 Å². The fraction of sp³-hybridized carbons (Fsp3) is 0.571. The minimum absolute atomic E-state index is 0.193. The highest BCUT2D eigenvalue weighted by molar-refractivity contribution is 5.93. The second kappa shape index (κ2) is 5.48. The Bertz CT molecular complexity index is 414. The van der Waals surface area contributed by atoms with Gasteiger partial charge in [0.1, 0.15) is 0 Å². The zero-order chi connectivity index (χ0) is 13.1. The van der Waals surface area contributed by atoms with Crippen molar-refractivity contribution >= 4 is 11.6 Å². The molecule has 1 aromatic rings. The molecular formula is C14H21N3O. The molecule has 0 aliphatic carbocycles. The minimum atomic E-state index is 0.193. The molecule has 2 rings (SSSR count). The Kier molecular flexibility index (Phi) is 3.97. The summed E-state index contributed by atoms with van der Waals surface area (Å²) in [6.45, 7) is 6.74. The van der Waals surface area contributed by atoms with Gasteiger partial charge in [0, 0.05) is 31.7 Å². The summed E-state index contributed by atoms with van der Waals surface area (Å²) < 4.78 is 0. The van der Waals surface area contributed by atoms with Gasteiger partial charge < -0.3 is 9.80 Å². The van der Waals surface area contributed by atoms with E-state index in [0.717, 1.165) is 31.0 Å². The number of hydrogen-bond acceptors (Lipinski definition) is 3. The number of aromatic nitrogens is 1. The Morgan fingerprint density at radius 3 is 2.61 bits per heavy atom. The van der Waals surface area contributed by atoms with E-state index in [4.69, 9.17) is 0 Å². The van der Waals surface area contributed by atoms with Crippen LogP contribution >= 0.6 is 0 Å². The van der Waals surface area contributed by atoms with Crippen LogP contribution in [-0.4, -0.2) is 42.5 Å². The fourth-order valence-corrected chi connectivity index (χ4v) is 2.10. The van der Waals surface area contributed by atoms with Crippen LogP contribution in [0.25, 0.3) is 0 Å². The quantitative estimate of drug-likeness (QED) is 0.800. The first-order valence-corrected chi connectivity index (χ1v) is 6.53. The van der Waals surface area contributed by atoms with Crippen LogP contribution in [0, 0.1) is 0 Å². The molecule has 1 saturated heterocycles. The highest BCUT2D eigenvalue weighted by Crippen LogP contribution is 2.19. The van der Waals surface area contributed by atoms with Gasteiger partial charge >= 0.3 is 0 Å². The summed E-state index contributed by atoms with van der Waals surface area (Å²) in [5.41, 5.74) is 1.98. The predicted molar refractivity (Wildman–Crippen MR) is 72.8 cm³/mol. The smallest absolute Gasteiger partial charge is 0.228 e. The molecular weight excluding hydrogens is 226 g/mol. The van der Waals surface area contributed by atoms with Crippen molar-refractivity contribution in [3.8, 4) is 0 Å². The summed E-state index contributed by atoms with van der Waals surface area (Å²) in [4.78, 5) is 20.5. The van der Waals surface area contributed by atoms with Crippen LogP contribution in [0.3, 0.4) is 0 Å². The molecule has 0 bridgehead atoms. The zero-order valence-electron chi connectivity index (χ0n) is 11.4. The third kappa shape index (κ3) is 2.88. The van der Waals surface area contributed by atoms with Crippen LogP contribution in [0.1, 0.15) is 31.9 Å². The Hall–Kier alpha value is -1.42. The summed E-state index contributed by atoms with van der Waals surface area (Å²) in [5.74, 6) is 0.614. The van der Waals surface area contributed by atoms with Crippen molar-refractivity contribution in [3.63, 3.8) is 0 Å². The van der Waals surface area contributed by atoms with Gasteiger partial charge in [-0.3, -0.25) is 9.78 Å². The van der Waals surface area contributed by atoms with E-state index in [1.54, 1.807) is 0 Å². The second-order valence-corrected chi connectivity index (χ2v) is 5.19. The minimum Gasteiger partial charge on any atom is -0.310 e. The van der Waals surface area contributed by atoms with E-state index in [1.165, 1.54) is 0 Å². The summed E-state index contributed by atoms with van der Waals surface area (Å²) >= 11 is 0. The Morgan fingerprint density at radius 1 is 1.22 bits per heavy atom. The third-order valence-electron chi connectivity index (χ3n) is 3.39. The van der Waals surface area contributed by atoms with Crippen molar-refractivity contribution in [1.82, 2.24) is 9.88 Å². The van der Waals surface area contributed by atoms with Crippen molar-refractivity contribution in [2.24, 2.45) is 0 Å². The van der Waals surface area contributed by atoms with Gasteiger partial charge in [0.2, 0.25) is 5.91 Å². The highest BCUT2D eigenvalue weighted by Gasteiger charge is 2.20. The molecule has 1 aliphatic rings. The van der Waals surface area contributed by atoms with Gasteiger partial charge in [-0.25, -0.2) is 0 Å². The molecule has 98 valence electrons. The number of hydrogen-bond donors (Lipinski definition) is 0. The Labute approximate surface area is 109 Å². The number of rotatable bonds is 2. The van der Waals surface area contributed by atoms with Gasteiger partial charge in [-0.05, 0) is 25.1 Å². The van der Waals surface area contributed by atoms with Crippen LogP contribution in [0.4, 0.5) is 5.69 Å². The number of anilines is 1. The number of likely N-dealkylation sites (N-methyl/N-ethyl adjacent to an activating group) is 1. The van der Waals surface area contributed by atoms with E-state index in [1.807, 2.05) is 23.2 Å². The lowest BCUT2D eigenvalue weighted by atomic mass is 10.1. The van der Waals surface area contributed by atoms with Gasteiger partial charge in [0.15, 0.2) is 0 Å². The van der Waals surface area contributed by atoms with Gasteiger partial charge in [-0.15, -0.1) is 0 Å². The molecule has 4 heteroatoms. The van der Waals surface area contributed by atoms with Crippen LogP contribution in [0.2, 0.25) is 0 Å². The van der Waals surface area contributed by atoms with Crippen molar-refractivity contribution < 1.29 is 4.79 Å². The largest absolute Gasteiger partial charge is 0.310 e. The summed E-state index contributed by atoms with van der Waals surface area (Å²) in [6, 6.07) is 4.02. The Balaban J connectivity index is 2.16. The van der Waals surface area contributed by atoms with E-state index < -0.39 is 0 Å². The molecule has 0 aromatic carbocycles. The van der Waals surface area contributed by atoms with Crippen molar-refractivity contribution in [3.05, 3.63) is 24.0 Å². The number of pyridine rings is 1. The highest BCUT2D eigenvalue weighted by atomic mass is 16.2. The summed E-state index contributed by atoms with van der Waals surface area (Å²) in [7, 11) is 2.05. The molecule has 0 atom stereocenters. The summed E-state index contributed by atoms with van der Waals surface area (Å²) in [6.07, 6.45) is 2.40. The first kappa shape index (κ1) is 13.0. The molecule has 4 nitrogen and oxygen atoms in total. The molecule has 1 aliphatic heterocycles. The molecule has 1 aromatic heterocycles.